The fraction of sp³-hybridized carbons (Fsp3) is 0.833. The largest absolute Gasteiger partial charge is 0.362 e. The summed E-state index contributed by atoms with van der Waals surface area (Å²) in [6.07, 6.45) is 1.36. The molecule has 0 aromatic heterocycles. The zero-order chi connectivity index (χ0) is 9.85. The van der Waals surface area contributed by atoms with Gasteiger partial charge in [-0.05, 0) is 12.8 Å². The van der Waals surface area contributed by atoms with Crippen LogP contribution in [-0.2, 0) is 15.1 Å². The monoisotopic (exact) mass is 206 g/mol. The van der Waals surface area contributed by atoms with Crippen LogP contribution in [-0.4, -0.2) is 35.8 Å². The molecule has 0 aromatic rings. The molecule has 0 unspecified atom stereocenters. The molecule has 13 heavy (non-hydrogen) atoms. The zero-order valence-electron chi connectivity index (χ0n) is 6.80. The van der Waals surface area contributed by atoms with Gasteiger partial charge in [0, 0.05) is 6.54 Å². The van der Waals surface area contributed by atoms with Crippen LogP contribution >= 0.6 is 0 Å². The molecule has 2 aliphatic rings. The molecule has 0 radical (unpaired) electrons. The van der Waals surface area contributed by atoms with Gasteiger partial charge in [0.25, 0.3) is 0 Å². The number of hydrogen-bond donors (Lipinski definition) is 2. The molecule has 1 aliphatic carbocycles. The summed E-state index contributed by atoms with van der Waals surface area (Å²) in [7, 11) is -4.40. The van der Waals surface area contributed by atoms with Gasteiger partial charge in [0.15, 0.2) is 0 Å². The highest BCUT2D eigenvalue weighted by atomic mass is 32.2. The van der Waals surface area contributed by atoms with E-state index in [0.29, 0.717) is 17.1 Å². The summed E-state index contributed by atoms with van der Waals surface area (Å²) in [6.45, 7) is 0.0749. The molecule has 1 saturated heterocycles. The molecule has 0 bridgehead atoms. The van der Waals surface area contributed by atoms with E-state index in [4.69, 9.17) is 10.3 Å². The van der Waals surface area contributed by atoms with E-state index in [2.05, 4.69) is 0 Å². The molecule has 3 N–H and O–H groups in total. The molecule has 1 saturated carbocycles. The van der Waals surface area contributed by atoms with Gasteiger partial charge in [-0.2, -0.15) is 8.42 Å². The van der Waals surface area contributed by atoms with E-state index < -0.39 is 27.7 Å². The van der Waals surface area contributed by atoms with E-state index in [1.165, 1.54) is 0 Å². The van der Waals surface area contributed by atoms with Crippen LogP contribution in [0.4, 0.5) is 0 Å². The van der Waals surface area contributed by atoms with Crippen LogP contribution in [0, 0.1) is 5.41 Å². The van der Waals surface area contributed by atoms with Gasteiger partial charge in [-0.15, -0.1) is 0 Å². The van der Waals surface area contributed by atoms with Crippen LogP contribution in [0.5, 0.6) is 0 Å². The molecule has 7 heteroatoms. The van der Waals surface area contributed by atoms with Crippen molar-refractivity contribution in [3.63, 3.8) is 0 Å². The van der Waals surface area contributed by atoms with Crippen molar-refractivity contribution in [2.24, 2.45) is 11.1 Å². The molecule has 74 valence electrons. The first-order valence-corrected chi connectivity index (χ1v) is 5.34. The van der Waals surface area contributed by atoms with Gasteiger partial charge in [-0.25, -0.2) is 4.31 Å². The van der Waals surface area contributed by atoms with Gasteiger partial charge in [0.05, 0.1) is 11.5 Å². The maximum Gasteiger partial charge on any atom is 0.362 e. The van der Waals surface area contributed by atoms with Crippen LogP contribution in [0.1, 0.15) is 12.8 Å². The highest BCUT2D eigenvalue weighted by molar-refractivity contribution is 7.84. The summed E-state index contributed by atoms with van der Waals surface area (Å²) < 4.78 is 30.6. The molecular formula is C6H10N2O4S. The Morgan fingerprint density at radius 2 is 2.15 bits per heavy atom. The predicted octanol–water partition coefficient (Wildman–Crippen LogP) is -1.26. The summed E-state index contributed by atoms with van der Waals surface area (Å²) in [6, 6.07) is -0.532. The highest BCUT2D eigenvalue weighted by Crippen LogP contribution is 2.59. The van der Waals surface area contributed by atoms with Crippen molar-refractivity contribution in [3.05, 3.63) is 0 Å². The lowest BCUT2D eigenvalue weighted by Gasteiger charge is -2.44. The minimum atomic E-state index is -4.40. The fourth-order valence-corrected chi connectivity index (χ4v) is 2.93. The van der Waals surface area contributed by atoms with Crippen molar-refractivity contribution in [2.75, 3.05) is 6.54 Å². The van der Waals surface area contributed by atoms with E-state index >= 15 is 0 Å². The van der Waals surface area contributed by atoms with Crippen LogP contribution < -0.4 is 5.73 Å². The molecule has 1 spiro atoms. The number of hydrogen-bond acceptors (Lipinski definition) is 4. The van der Waals surface area contributed by atoms with Crippen LogP contribution in [0.25, 0.3) is 0 Å². The van der Waals surface area contributed by atoms with E-state index in [1.54, 1.807) is 0 Å². The second-order valence-electron chi connectivity index (χ2n) is 3.49. The molecule has 0 aromatic carbocycles. The Morgan fingerprint density at radius 1 is 1.62 bits per heavy atom. The summed E-state index contributed by atoms with van der Waals surface area (Å²) in [5, 5.41) is 0. The van der Waals surface area contributed by atoms with E-state index in [0.717, 1.165) is 0 Å². The fourth-order valence-electron chi connectivity index (χ4n) is 1.93. The summed E-state index contributed by atoms with van der Waals surface area (Å²) in [5.41, 5.74) is 4.78. The zero-order valence-corrected chi connectivity index (χ0v) is 7.62. The Bertz CT molecular complexity index is 359. The molecule has 2 fully saturated rings. The van der Waals surface area contributed by atoms with E-state index in [9.17, 15) is 13.2 Å². The van der Waals surface area contributed by atoms with Crippen molar-refractivity contribution in [3.8, 4) is 0 Å². The molecule has 1 atom stereocenters. The van der Waals surface area contributed by atoms with E-state index in [-0.39, 0.29) is 6.54 Å². The van der Waals surface area contributed by atoms with E-state index in [1.807, 2.05) is 0 Å². The average molecular weight is 206 g/mol. The molecular weight excluding hydrogens is 196 g/mol. The third kappa shape index (κ3) is 0.946. The molecule has 2 rings (SSSR count). The Balaban J connectivity index is 2.29. The first kappa shape index (κ1) is 8.92. The van der Waals surface area contributed by atoms with Crippen LogP contribution in [0.15, 0.2) is 0 Å². The van der Waals surface area contributed by atoms with Gasteiger partial charge in [0.1, 0.15) is 0 Å². The second-order valence-corrected chi connectivity index (χ2v) is 4.78. The van der Waals surface area contributed by atoms with Gasteiger partial charge in [0.2, 0.25) is 5.91 Å². The summed E-state index contributed by atoms with van der Waals surface area (Å²) in [5.74, 6) is -0.509. The highest BCUT2D eigenvalue weighted by Gasteiger charge is 2.70. The molecule has 1 heterocycles. The summed E-state index contributed by atoms with van der Waals surface area (Å²) in [4.78, 5) is 11.3. The number of carbonyl (C=O) groups excluding carboxylic acids is 1. The predicted molar refractivity (Wildman–Crippen MR) is 42.9 cm³/mol. The molecule has 1 aliphatic heterocycles. The van der Waals surface area contributed by atoms with Crippen molar-refractivity contribution in [1.82, 2.24) is 4.31 Å². The topological polar surface area (TPSA) is 101 Å². The van der Waals surface area contributed by atoms with Crippen molar-refractivity contribution < 1.29 is 17.8 Å². The Hall–Kier alpha value is -0.660. The van der Waals surface area contributed by atoms with Crippen LogP contribution in [0.2, 0.25) is 0 Å². The van der Waals surface area contributed by atoms with Gasteiger partial charge in [-0.1, -0.05) is 0 Å². The lowest BCUT2D eigenvalue weighted by Crippen LogP contribution is -2.66. The standard InChI is InChI=1S/C6H10N2O4S/c7-3-4-6(1-2-6)5(9)8(4)13(10,11)12/h4H,1-3,7H2,(H,10,11,12)/t4-/m1/s1. The number of nitrogens with zero attached hydrogens (tertiary/aromatic N) is 1. The summed E-state index contributed by atoms with van der Waals surface area (Å²) >= 11 is 0. The number of nitrogens with two attached hydrogens (primary N) is 1. The van der Waals surface area contributed by atoms with Gasteiger partial charge < -0.3 is 5.73 Å². The minimum Gasteiger partial charge on any atom is -0.328 e. The maximum atomic E-state index is 11.3. The smallest absolute Gasteiger partial charge is 0.328 e. The van der Waals surface area contributed by atoms with Crippen molar-refractivity contribution >= 4 is 16.2 Å². The number of amides is 1. The minimum absolute atomic E-state index is 0.0749. The molecule has 1 amide bonds. The quantitative estimate of drug-likeness (QED) is 0.434. The van der Waals surface area contributed by atoms with Crippen molar-refractivity contribution in [2.45, 2.75) is 18.9 Å². The normalized spacial score (nSPS) is 30.5. The van der Waals surface area contributed by atoms with Crippen molar-refractivity contribution in [1.29, 1.82) is 0 Å². The third-order valence-electron chi connectivity index (χ3n) is 2.81. The number of rotatable bonds is 2. The first-order valence-electron chi connectivity index (χ1n) is 3.95. The Labute approximate surface area is 75.6 Å². The maximum absolute atomic E-state index is 11.3. The lowest BCUT2D eigenvalue weighted by molar-refractivity contribution is -0.149. The lowest BCUT2D eigenvalue weighted by atomic mass is 9.87. The SMILES string of the molecule is NC[C@H]1N(S(=O)(=O)O)C(=O)C12CC2. The van der Waals surface area contributed by atoms with Gasteiger partial charge >= 0.3 is 10.3 Å². The Morgan fingerprint density at radius 3 is 2.46 bits per heavy atom. The Kier molecular flexibility index (Phi) is 1.53. The second kappa shape index (κ2) is 2.23. The number of β-lactam (4-membered cyclic amide) rings is 1. The van der Waals surface area contributed by atoms with Crippen LogP contribution in [0.3, 0.4) is 0 Å². The third-order valence-corrected chi connectivity index (χ3v) is 3.72. The first-order chi connectivity index (χ1) is 5.93. The van der Waals surface area contributed by atoms with Gasteiger partial charge in [-0.3, -0.25) is 9.35 Å². The number of carbonyl (C=O) groups is 1. The molecule has 6 nitrogen and oxygen atoms in total. The average Bonchev–Trinajstić information content (AvgIpc) is 2.76.